The second kappa shape index (κ2) is 7.67. The van der Waals surface area contributed by atoms with E-state index in [1.54, 1.807) is 5.57 Å². The molecule has 3 aliphatic rings. The fourth-order valence-corrected chi connectivity index (χ4v) is 5.36. The van der Waals surface area contributed by atoms with Crippen molar-refractivity contribution >= 4 is 0 Å². The highest BCUT2D eigenvalue weighted by Gasteiger charge is 2.46. The van der Waals surface area contributed by atoms with E-state index in [9.17, 15) is 10.2 Å². The van der Waals surface area contributed by atoms with Crippen LogP contribution in [0.5, 0.6) is 0 Å². The SMILES string of the molecule is CCCC1C(C)CCC2=C[C@@H](OC3OC[C@H](C)[C@@H](O)[C@@H]3O)CC[C@@]21C. The van der Waals surface area contributed by atoms with Crippen LogP contribution in [0.25, 0.3) is 0 Å². The molecular formula is C21H36O4. The molecule has 1 saturated carbocycles. The maximum Gasteiger partial charge on any atom is 0.186 e. The zero-order valence-electron chi connectivity index (χ0n) is 16.3. The number of fused-ring (bicyclic) bond motifs is 1. The van der Waals surface area contributed by atoms with Crippen molar-refractivity contribution in [3.05, 3.63) is 11.6 Å². The van der Waals surface area contributed by atoms with Crippen molar-refractivity contribution < 1.29 is 19.7 Å². The average molecular weight is 353 g/mol. The van der Waals surface area contributed by atoms with Gasteiger partial charge in [-0.25, -0.2) is 0 Å². The molecule has 1 aliphatic heterocycles. The first kappa shape index (κ1) is 19.3. The maximum absolute atomic E-state index is 10.2. The van der Waals surface area contributed by atoms with E-state index in [0.29, 0.717) is 12.0 Å². The van der Waals surface area contributed by atoms with Crippen LogP contribution in [0.4, 0.5) is 0 Å². The third-order valence-corrected chi connectivity index (χ3v) is 7.09. The van der Waals surface area contributed by atoms with Gasteiger partial charge in [0.15, 0.2) is 6.29 Å². The Hall–Kier alpha value is -0.420. The van der Waals surface area contributed by atoms with Gasteiger partial charge in [0.1, 0.15) is 6.10 Å². The minimum atomic E-state index is -0.963. The van der Waals surface area contributed by atoms with Crippen molar-refractivity contribution in [2.75, 3.05) is 6.61 Å². The lowest BCUT2D eigenvalue weighted by atomic mass is 9.55. The summed E-state index contributed by atoms with van der Waals surface area (Å²) in [4.78, 5) is 0. The van der Waals surface area contributed by atoms with Crippen LogP contribution < -0.4 is 0 Å². The molecule has 1 heterocycles. The van der Waals surface area contributed by atoms with Crippen LogP contribution in [0, 0.1) is 23.2 Å². The zero-order valence-corrected chi connectivity index (χ0v) is 16.3. The molecule has 2 fully saturated rings. The highest BCUT2D eigenvalue weighted by Crippen LogP contribution is 2.54. The summed E-state index contributed by atoms with van der Waals surface area (Å²) >= 11 is 0. The van der Waals surface area contributed by atoms with Gasteiger partial charge in [-0.3, -0.25) is 0 Å². The molecule has 144 valence electrons. The molecule has 0 radical (unpaired) electrons. The Kier molecular flexibility index (Phi) is 5.94. The summed E-state index contributed by atoms with van der Waals surface area (Å²) in [5.41, 5.74) is 1.84. The quantitative estimate of drug-likeness (QED) is 0.758. The minimum Gasteiger partial charge on any atom is -0.390 e. The number of aliphatic hydroxyl groups is 2. The molecule has 25 heavy (non-hydrogen) atoms. The smallest absolute Gasteiger partial charge is 0.186 e. The predicted octanol–water partition coefficient (Wildman–Crippen LogP) is 3.66. The summed E-state index contributed by atoms with van der Waals surface area (Å²) in [7, 11) is 0. The first-order valence-corrected chi connectivity index (χ1v) is 10.2. The van der Waals surface area contributed by atoms with E-state index in [0.717, 1.165) is 31.1 Å². The van der Waals surface area contributed by atoms with E-state index in [-0.39, 0.29) is 12.0 Å². The largest absolute Gasteiger partial charge is 0.390 e. The Balaban J connectivity index is 1.70. The Morgan fingerprint density at radius 2 is 1.96 bits per heavy atom. The Bertz CT molecular complexity index is 490. The molecule has 1 saturated heterocycles. The fraction of sp³-hybridized carbons (Fsp3) is 0.905. The Labute approximate surface area is 152 Å². The molecule has 0 spiro atoms. The Morgan fingerprint density at radius 3 is 2.68 bits per heavy atom. The summed E-state index contributed by atoms with van der Waals surface area (Å²) < 4.78 is 11.7. The maximum atomic E-state index is 10.2. The Morgan fingerprint density at radius 1 is 1.20 bits per heavy atom. The van der Waals surface area contributed by atoms with Gasteiger partial charge in [-0.1, -0.05) is 45.8 Å². The average Bonchev–Trinajstić information content (AvgIpc) is 2.59. The number of ether oxygens (including phenoxy) is 2. The lowest BCUT2D eigenvalue weighted by Crippen LogP contribution is -2.51. The molecule has 2 aliphatic carbocycles. The van der Waals surface area contributed by atoms with E-state index in [1.165, 1.54) is 19.3 Å². The summed E-state index contributed by atoms with van der Waals surface area (Å²) in [5.74, 6) is 1.50. The predicted molar refractivity (Wildman–Crippen MR) is 98.0 cm³/mol. The summed E-state index contributed by atoms with van der Waals surface area (Å²) in [6, 6.07) is 0. The summed E-state index contributed by atoms with van der Waals surface area (Å²) in [6.07, 6.45) is 6.91. The van der Waals surface area contributed by atoms with Crippen molar-refractivity contribution in [2.45, 2.75) is 90.8 Å². The van der Waals surface area contributed by atoms with Gasteiger partial charge in [0.25, 0.3) is 0 Å². The number of hydrogen-bond donors (Lipinski definition) is 2. The normalized spacial score (nSPS) is 47.9. The van der Waals surface area contributed by atoms with Gasteiger partial charge in [-0.15, -0.1) is 0 Å². The topological polar surface area (TPSA) is 58.9 Å². The molecule has 0 bridgehead atoms. The molecule has 4 nitrogen and oxygen atoms in total. The van der Waals surface area contributed by atoms with Crippen LogP contribution in [0.15, 0.2) is 11.6 Å². The number of hydrogen-bond acceptors (Lipinski definition) is 4. The molecule has 0 amide bonds. The molecule has 4 heteroatoms. The molecule has 3 rings (SSSR count). The highest BCUT2D eigenvalue weighted by atomic mass is 16.7. The monoisotopic (exact) mass is 352 g/mol. The fourth-order valence-electron chi connectivity index (χ4n) is 5.36. The third-order valence-electron chi connectivity index (χ3n) is 7.09. The van der Waals surface area contributed by atoms with Gasteiger partial charge in [0, 0.05) is 5.92 Å². The van der Waals surface area contributed by atoms with E-state index in [4.69, 9.17) is 9.47 Å². The van der Waals surface area contributed by atoms with Gasteiger partial charge >= 0.3 is 0 Å². The first-order chi connectivity index (χ1) is 11.9. The molecule has 8 atom stereocenters. The van der Waals surface area contributed by atoms with Gasteiger partial charge in [0.2, 0.25) is 0 Å². The van der Waals surface area contributed by atoms with Crippen LogP contribution >= 0.6 is 0 Å². The lowest BCUT2D eigenvalue weighted by molar-refractivity contribution is -0.268. The second-order valence-corrected chi connectivity index (χ2v) is 8.89. The van der Waals surface area contributed by atoms with Crippen molar-refractivity contribution in [3.63, 3.8) is 0 Å². The first-order valence-electron chi connectivity index (χ1n) is 10.2. The van der Waals surface area contributed by atoms with Crippen molar-refractivity contribution in [2.24, 2.45) is 23.2 Å². The van der Waals surface area contributed by atoms with E-state index in [2.05, 4.69) is 26.8 Å². The molecule has 2 N–H and O–H groups in total. The van der Waals surface area contributed by atoms with Crippen LogP contribution in [0.3, 0.4) is 0 Å². The molecule has 0 aromatic rings. The van der Waals surface area contributed by atoms with E-state index < -0.39 is 18.5 Å². The van der Waals surface area contributed by atoms with Gasteiger partial charge < -0.3 is 19.7 Å². The summed E-state index contributed by atoms with van der Waals surface area (Å²) in [6.45, 7) is 9.47. The van der Waals surface area contributed by atoms with Crippen molar-refractivity contribution in [1.82, 2.24) is 0 Å². The highest BCUT2D eigenvalue weighted by molar-refractivity contribution is 5.23. The van der Waals surface area contributed by atoms with Gasteiger partial charge in [-0.05, 0) is 49.4 Å². The van der Waals surface area contributed by atoms with Crippen LogP contribution in [0.1, 0.15) is 66.2 Å². The number of aliphatic hydroxyl groups excluding tert-OH is 2. The van der Waals surface area contributed by atoms with Gasteiger partial charge in [0.05, 0.1) is 18.8 Å². The van der Waals surface area contributed by atoms with E-state index in [1.807, 2.05) is 6.92 Å². The zero-order chi connectivity index (χ0) is 18.2. The molecule has 0 aromatic heterocycles. The number of rotatable bonds is 4. The van der Waals surface area contributed by atoms with Crippen molar-refractivity contribution in [3.8, 4) is 0 Å². The molecule has 3 unspecified atom stereocenters. The number of allylic oxidation sites excluding steroid dienone is 1. The lowest BCUT2D eigenvalue weighted by Gasteiger charge is -2.50. The van der Waals surface area contributed by atoms with Gasteiger partial charge in [-0.2, -0.15) is 0 Å². The summed E-state index contributed by atoms with van der Waals surface area (Å²) in [5, 5.41) is 20.3. The van der Waals surface area contributed by atoms with E-state index >= 15 is 0 Å². The van der Waals surface area contributed by atoms with Crippen LogP contribution in [0.2, 0.25) is 0 Å². The standard InChI is InChI=1S/C21H36O4/c1-5-6-17-13(2)7-8-15-11-16(9-10-21(15,17)4)25-20-19(23)18(22)14(3)12-24-20/h11,13-14,16-20,22-23H,5-10,12H2,1-4H3/t13?,14-,16-,17?,18+,19-,20?,21-/m0/s1. The minimum absolute atomic E-state index is 0.0148. The molecule has 0 aromatic carbocycles. The second-order valence-electron chi connectivity index (χ2n) is 8.89. The van der Waals surface area contributed by atoms with Crippen LogP contribution in [-0.2, 0) is 9.47 Å². The van der Waals surface area contributed by atoms with Crippen LogP contribution in [-0.4, -0.2) is 41.4 Å². The molecular weight excluding hydrogens is 316 g/mol. The third kappa shape index (κ3) is 3.69. The van der Waals surface area contributed by atoms with Crippen molar-refractivity contribution in [1.29, 1.82) is 0 Å².